The highest BCUT2D eigenvalue weighted by Gasteiger charge is 2.12. The van der Waals surface area contributed by atoms with E-state index in [0.29, 0.717) is 0 Å². The first kappa shape index (κ1) is 14.8. The van der Waals surface area contributed by atoms with Crippen LogP contribution in [-0.2, 0) is 13.1 Å². The third kappa shape index (κ3) is 3.10. The maximum Gasteiger partial charge on any atom is 0.0674 e. The zero-order valence-electron chi connectivity index (χ0n) is 13.0. The molecule has 1 heterocycles. The first-order valence-corrected chi connectivity index (χ1v) is 7.51. The van der Waals surface area contributed by atoms with E-state index in [4.69, 9.17) is 0 Å². The minimum atomic E-state index is 0.934. The largest absolute Gasteiger partial charge is 0.313 e. The molecule has 2 aromatic rings. The Morgan fingerprint density at radius 2 is 1.80 bits per heavy atom. The average molecular weight is 271 g/mol. The van der Waals surface area contributed by atoms with Gasteiger partial charge in [-0.3, -0.25) is 4.68 Å². The molecule has 0 saturated carbocycles. The maximum atomic E-state index is 4.65. The zero-order chi connectivity index (χ0) is 14.5. The van der Waals surface area contributed by atoms with Crippen molar-refractivity contribution in [3.8, 4) is 11.1 Å². The van der Waals surface area contributed by atoms with Gasteiger partial charge in [0.05, 0.1) is 5.69 Å². The molecule has 0 unspecified atom stereocenters. The van der Waals surface area contributed by atoms with Crippen molar-refractivity contribution >= 4 is 0 Å². The third-order valence-electron chi connectivity index (χ3n) is 3.64. The van der Waals surface area contributed by atoms with E-state index < -0.39 is 0 Å². The molecule has 2 rings (SSSR count). The number of rotatable bonds is 6. The lowest BCUT2D eigenvalue weighted by atomic mass is 10.0. The van der Waals surface area contributed by atoms with Crippen LogP contribution < -0.4 is 5.32 Å². The molecule has 108 valence electrons. The van der Waals surface area contributed by atoms with Crippen LogP contribution in [0.5, 0.6) is 0 Å². The van der Waals surface area contributed by atoms with Crippen molar-refractivity contribution in [2.75, 3.05) is 6.54 Å². The second-order valence-corrected chi connectivity index (χ2v) is 5.25. The topological polar surface area (TPSA) is 29.9 Å². The molecule has 0 aliphatic rings. The van der Waals surface area contributed by atoms with Gasteiger partial charge in [-0.05, 0) is 37.9 Å². The van der Waals surface area contributed by atoms with Crippen LogP contribution in [-0.4, -0.2) is 16.3 Å². The summed E-state index contributed by atoms with van der Waals surface area (Å²) in [6.07, 6.45) is 1.11. The first-order chi connectivity index (χ1) is 9.67. The maximum absolute atomic E-state index is 4.65. The fourth-order valence-electron chi connectivity index (χ4n) is 2.60. The van der Waals surface area contributed by atoms with Crippen LogP contribution >= 0.6 is 0 Å². The van der Waals surface area contributed by atoms with Gasteiger partial charge in [-0.2, -0.15) is 5.10 Å². The molecule has 0 aliphatic heterocycles. The molecule has 1 aromatic carbocycles. The van der Waals surface area contributed by atoms with Crippen molar-refractivity contribution in [1.29, 1.82) is 0 Å². The van der Waals surface area contributed by atoms with Crippen molar-refractivity contribution in [2.24, 2.45) is 0 Å². The highest BCUT2D eigenvalue weighted by Crippen LogP contribution is 2.27. The molecule has 0 aliphatic carbocycles. The van der Waals surface area contributed by atoms with Crippen molar-refractivity contribution < 1.29 is 0 Å². The molecule has 0 radical (unpaired) electrons. The van der Waals surface area contributed by atoms with Gasteiger partial charge in [0.1, 0.15) is 0 Å². The fourth-order valence-corrected chi connectivity index (χ4v) is 2.60. The molecular formula is C17H25N3. The van der Waals surface area contributed by atoms with E-state index in [-0.39, 0.29) is 0 Å². The lowest BCUT2D eigenvalue weighted by molar-refractivity contribution is 0.583. The average Bonchev–Trinajstić information content (AvgIpc) is 2.73. The number of hydrogen-bond acceptors (Lipinski definition) is 2. The standard InChI is InChI=1S/C17H25N3/c1-5-11-20-14(4)17(13(3)19-20)16-9-7-15(8-10-16)12-18-6-2/h7-10,18H,5-6,11-12H2,1-4H3. The van der Waals surface area contributed by atoms with Crippen LogP contribution in [0, 0.1) is 13.8 Å². The SMILES string of the molecule is CCCn1nc(C)c(-c2ccc(CNCC)cc2)c1C. The second-order valence-electron chi connectivity index (χ2n) is 5.25. The van der Waals surface area contributed by atoms with Crippen LogP contribution in [0.4, 0.5) is 0 Å². The van der Waals surface area contributed by atoms with E-state index >= 15 is 0 Å². The zero-order valence-corrected chi connectivity index (χ0v) is 13.0. The molecule has 3 heteroatoms. The van der Waals surface area contributed by atoms with E-state index in [1.807, 2.05) is 0 Å². The van der Waals surface area contributed by atoms with Gasteiger partial charge in [0.2, 0.25) is 0 Å². The molecule has 0 bridgehead atoms. The summed E-state index contributed by atoms with van der Waals surface area (Å²) in [4.78, 5) is 0. The Labute approximate surface area is 122 Å². The summed E-state index contributed by atoms with van der Waals surface area (Å²) in [5.41, 5.74) is 6.27. The monoisotopic (exact) mass is 271 g/mol. The predicted octanol–water partition coefficient (Wildman–Crippen LogP) is 3.69. The van der Waals surface area contributed by atoms with Gasteiger partial charge < -0.3 is 5.32 Å². The van der Waals surface area contributed by atoms with E-state index in [1.54, 1.807) is 0 Å². The van der Waals surface area contributed by atoms with Crippen LogP contribution in [0.15, 0.2) is 24.3 Å². The van der Waals surface area contributed by atoms with Crippen LogP contribution in [0.25, 0.3) is 11.1 Å². The van der Waals surface area contributed by atoms with Crippen molar-refractivity contribution in [1.82, 2.24) is 15.1 Å². The molecule has 20 heavy (non-hydrogen) atoms. The van der Waals surface area contributed by atoms with Gasteiger partial charge in [0, 0.05) is 24.3 Å². The highest BCUT2D eigenvalue weighted by atomic mass is 15.3. The van der Waals surface area contributed by atoms with Crippen molar-refractivity contribution in [3.05, 3.63) is 41.2 Å². The van der Waals surface area contributed by atoms with E-state index in [0.717, 1.165) is 31.7 Å². The molecule has 0 saturated heterocycles. The Bertz CT molecular complexity index is 552. The molecule has 0 fully saturated rings. The highest BCUT2D eigenvalue weighted by molar-refractivity contribution is 5.68. The number of nitrogens with zero attached hydrogens (tertiary/aromatic N) is 2. The summed E-state index contributed by atoms with van der Waals surface area (Å²) in [5, 5.41) is 8.00. The summed E-state index contributed by atoms with van der Waals surface area (Å²) < 4.78 is 2.12. The number of aromatic nitrogens is 2. The van der Waals surface area contributed by atoms with Gasteiger partial charge in [0.15, 0.2) is 0 Å². The van der Waals surface area contributed by atoms with Crippen LogP contribution in [0.2, 0.25) is 0 Å². The van der Waals surface area contributed by atoms with Crippen molar-refractivity contribution in [3.63, 3.8) is 0 Å². The molecular weight excluding hydrogens is 246 g/mol. The minimum Gasteiger partial charge on any atom is -0.313 e. The lowest BCUT2D eigenvalue weighted by Crippen LogP contribution is -2.11. The third-order valence-corrected chi connectivity index (χ3v) is 3.64. The second kappa shape index (κ2) is 6.71. The Morgan fingerprint density at radius 1 is 1.10 bits per heavy atom. The van der Waals surface area contributed by atoms with Gasteiger partial charge >= 0.3 is 0 Å². The normalized spacial score (nSPS) is 11.0. The van der Waals surface area contributed by atoms with Crippen molar-refractivity contribution in [2.45, 2.75) is 47.2 Å². The molecule has 3 nitrogen and oxygen atoms in total. The predicted molar refractivity (Wildman–Crippen MR) is 84.8 cm³/mol. The minimum absolute atomic E-state index is 0.934. The number of hydrogen-bond donors (Lipinski definition) is 1. The van der Waals surface area contributed by atoms with Crippen LogP contribution in [0.1, 0.15) is 37.2 Å². The van der Waals surface area contributed by atoms with Gasteiger partial charge in [-0.25, -0.2) is 0 Å². The summed E-state index contributed by atoms with van der Waals surface area (Å²) in [7, 11) is 0. The molecule has 0 spiro atoms. The van der Waals surface area contributed by atoms with Gasteiger partial charge in [-0.1, -0.05) is 38.1 Å². The Morgan fingerprint density at radius 3 is 2.40 bits per heavy atom. The fraction of sp³-hybridized carbons (Fsp3) is 0.471. The smallest absolute Gasteiger partial charge is 0.0674 e. The first-order valence-electron chi connectivity index (χ1n) is 7.51. The molecule has 0 atom stereocenters. The number of nitrogens with one attached hydrogen (secondary N) is 1. The van der Waals surface area contributed by atoms with Gasteiger partial charge in [-0.15, -0.1) is 0 Å². The van der Waals surface area contributed by atoms with E-state index in [9.17, 15) is 0 Å². The Hall–Kier alpha value is -1.61. The summed E-state index contributed by atoms with van der Waals surface area (Å²) >= 11 is 0. The van der Waals surface area contributed by atoms with Gasteiger partial charge in [0.25, 0.3) is 0 Å². The number of benzene rings is 1. The van der Waals surface area contributed by atoms with E-state index in [2.05, 4.69) is 67.1 Å². The molecule has 0 amide bonds. The molecule has 1 aromatic heterocycles. The molecule has 1 N–H and O–H groups in total. The van der Waals surface area contributed by atoms with Crippen LogP contribution in [0.3, 0.4) is 0 Å². The number of aryl methyl sites for hydroxylation is 2. The lowest BCUT2D eigenvalue weighted by Gasteiger charge is -2.06. The summed E-state index contributed by atoms with van der Waals surface area (Å²) in [6.45, 7) is 11.5. The Kier molecular flexibility index (Phi) is 4.96. The Balaban J connectivity index is 2.27. The van der Waals surface area contributed by atoms with E-state index in [1.165, 1.54) is 22.4 Å². The summed E-state index contributed by atoms with van der Waals surface area (Å²) in [6, 6.07) is 8.82. The summed E-state index contributed by atoms with van der Waals surface area (Å²) in [5.74, 6) is 0. The quantitative estimate of drug-likeness (QED) is 0.868.